The zero-order valence-electron chi connectivity index (χ0n) is 34.6. The summed E-state index contributed by atoms with van der Waals surface area (Å²) in [6, 6.07) is 0. The Morgan fingerprint density at radius 1 is 0.358 bits per heavy atom. The first-order chi connectivity index (χ1) is 23.8. The van der Waals surface area contributed by atoms with Crippen LogP contribution in [-0.4, -0.2) is 18.3 Å². The van der Waals surface area contributed by atoms with Crippen LogP contribution >= 0.6 is 23.5 Å². The van der Waals surface area contributed by atoms with Crippen LogP contribution in [0.25, 0.3) is 0 Å². The third-order valence-corrected chi connectivity index (χ3v) is 10.8. The van der Waals surface area contributed by atoms with Gasteiger partial charge in [-0.1, -0.05) is 159 Å². The first-order valence-electron chi connectivity index (χ1n) is 19.9. The molecule has 0 amide bonds. The van der Waals surface area contributed by atoms with Gasteiger partial charge in [0.2, 0.25) is 0 Å². The fourth-order valence-corrected chi connectivity index (χ4v) is 8.02. The first-order valence-corrected chi connectivity index (χ1v) is 24.3. The molecule has 0 saturated carbocycles. The quantitative estimate of drug-likeness (QED) is 0.0629. The minimum absolute atomic E-state index is 0. The van der Waals surface area contributed by atoms with Gasteiger partial charge in [0.1, 0.15) is 0 Å². The van der Waals surface area contributed by atoms with Crippen molar-refractivity contribution in [3.8, 4) is 0 Å². The van der Waals surface area contributed by atoms with Gasteiger partial charge in [0.15, 0.2) is 0 Å². The SMILES string of the molecule is CCCCC(CC)C(CCCC)OP(=O)([O-])[O-].CCCCC(CC)C(CCCC)OP(=O)([O-])[O-].CCCCC(CC)C(CCCC)OP(=O)([O-])[O-].[Nd+3].[Nd+3]. The second-order valence-electron chi connectivity index (χ2n) is 13.6. The first kappa shape index (κ1) is 65.2. The van der Waals surface area contributed by atoms with Crippen molar-refractivity contribution in [3.05, 3.63) is 0 Å². The molecule has 0 spiro atoms. The molecule has 0 rings (SSSR count). The fraction of sp³-hybridized carbons (Fsp3) is 1.00. The summed E-state index contributed by atoms with van der Waals surface area (Å²) >= 11 is 0. The zero-order chi connectivity index (χ0) is 39.9. The molecule has 0 bridgehead atoms. The Kier molecular flexibility index (Phi) is 49.7. The average molecular weight is 1080 g/mol. The van der Waals surface area contributed by atoms with Gasteiger partial charge < -0.3 is 56.6 Å². The van der Waals surface area contributed by atoms with E-state index in [1.54, 1.807) is 0 Å². The summed E-state index contributed by atoms with van der Waals surface area (Å²) in [6.45, 7) is 18.5. The summed E-state index contributed by atoms with van der Waals surface area (Å²) in [4.78, 5) is 64.5. The third-order valence-electron chi connectivity index (χ3n) is 9.26. The monoisotopic (exact) mass is 1080 g/mol. The van der Waals surface area contributed by atoms with E-state index >= 15 is 0 Å². The maximum absolute atomic E-state index is 10.7. The van der Waals surface area contributed by atoms with Crippen LogP contribution in [0.3, 0.4) is 0 Å². The van der Waals surface area contributed by atoms with Crippen molar-refractivity contribution >= 4 is 23.5 Å². The molecule has 0 aliphatic carbocycles. The molecule has 6 atom stereocenters. The summed E-state index contributed by atoms with van der Waals surface area (Å²) in [6.07, 6.45) is 18.1. The van der Waals surface area contributed by atoms with E-state index in [4.69, 9.17) is 13.6 Å². The molecule has 0 N–H and O–H groups in total. The third kappa shape index (κ3) is 42.9. The van der Waals surface area contributed by atoms with Gasteiger partial charge in [-0.05, 0) is 56.3 Å². The molecule has 314 valence electrons. The molecule has 6 unspecified atom stereocenters. The normalized spacial score (nSPS) is 15.2. The number of hydrogen-bond acceptors (Lipinski definition) is 12. The summed E-state index contributed by atoms with van der Waals surface area (Å²) in [7, 11) is -14.6. The van der Waals surface area contributed by atoms with Crippen LogP contribution in [0.4, 0.5) is 0 Å². The van der Waals surface area contributed by atoms with E-state index in [-0.39, 0.29) is 99.4 Å². The number of rotatable bonds is 30. The maximum atomic E-state index is 10.7. The Morgan fingerprint density at radius 2 is 0.528 bits per heavy atom. The molecule has 0 aromatic heterocycles. The van der Waals surface area contributed by atoms with Gasteiger partial charge in [0, 0.05) is 0 Å². The van der Waals surface area contributed by atoms with Crippen LogP contribution in [0.1, 0.15) is 197 Å². The summed E-state index contributed by atoms with van der Waals surface area (Å²) in [5.41, 5.74) is 0. The molecule has 0 aliphatic heterocycles. The second kappa shape index (κ2) is 40.4. The minimum Gasteiger partial charge on any atom is -0.790 e. The molecule has 0 aromatic rings. The Balaban J connectivity index is -0.000000213. The number of unbranched alkanes of at least 4 members (excludes halogenated alkanes) is 6. The molecule has 0 aromatic carbocycles. The number of phosphoric ester groups is 3. The zero-order valence-corrected chi connectivity index (χ0v) is 43.7. The molecular weight excluding hydrogens is 1010 g/mol. The van der Waals surface area contributed by atoms with Crippen molar-refractivity contribution in [2.75, 3.05) is 0 Å². The molecule has 17 heteroatoms. The van der Waals surface area contributed by atoms with Crippen LogP contribution in [0.15, 0.2) is 0 Å². The Morgan fingerprint density at radius 3 is 0.660 bits per heavy atom. The van der Waals surface area contributed by atoms with Gasteiger partial charge in [0.05, 0.1) is 41.8 Å². The smallest absolute Gasteiger partial charge is 0.790 e. The maximum Gasteiger partial charge on any atom is 3.00 e. The Labute approximate surface area is 390 Å². The predicted octanol–water partition coefficient (Wildman–Crippen LogP) is 7.82. The van der Waals surface area contributed by atoms with E-state index in [1.165, 1.54) is 0 Å². The Bertz CT molecular complexity index is 806. The van der Waals surface area contributed by atoms with Gasteiger partial charge in [-0.3, -0.25) is 0 Å². The number of hydrogen-bond donors (Lipinski definition) is 0. The van der Waals surface area contributed by atoms with Crippen molar-refractivity contribution in [3.63, 3.8) is 0 Å². The summed E-state index contributed by atoms with van der Waals surface area (Å²) in [5, 5.41) is 0. The van der Waals surface area contributed by atoms with Crippen molar-refractivity contribution in [1.82, 2.24) is 0 Å². The largest absolute Gasteiger partial charge is 3.00 e. The molecule has 2 radical (unpaired) electrons. The molecule has 12 nitrogen and oxygen atoms in total. The molecule has 0 saturated heterocycles. The molecule has 53 heavy (non-hydrogen) atoms. The van der Waals surface area contributed by atoms with E-state index in [9.17, 15) is 43.1 Å². The van der Waals surface area contributed by atoms with Crippen molar-refractivity contribution in [2.45, 2.75) is 215 Å². The van der Waals surface area contributed by atoms with Crippen LogP contribution < -0.4 is 29.4 Å². The van der Waals surface area contributed by atoms with Crippen molar-refractivity contribution in [1.29, 1.82) is 0 Å². The van der Waals surface area contributed by atoms with Crippen LogP contribution in [0.2, 0.25) is 0 Å². The standard InChI is InChI=1S/3C12H27O4P.2Nd/c3*1-4-7-9-11(6-3)12(10-8-5-2)16-17(13,14)15;;/h3*11-12H,4-10H2,1-3H3,(H2,13,14,15);;/q;;;2*+3/p-6. The van der Waals surface area contributed by atoms with Gasteiger partial charge in [-0.25, -0.2) is 0 Å². The van der Waals surface area contributed by atoms with Crippen molar-refractivity contribution in [2.24, 2.45) is 17.8 Å². The topological polar surface area (TPSA) is 217 Å². The van der Waals surface area contributed by atoms with Gasteiger partial charge in [-0.2, -0.15) is 0 Å². The molecule has 0 heterocycles. The summed E-state index contributed by atoms with van der Waals surface area (Å²) < 4.78 is 46.5. The van der Waals surface area contributed by atoms with Gasteiger partial charge in [-0.15, -0.1) is 0 Å². The van der Waals surface area contributed by atoms with Crippen LogP contribution in [0, 0.1) is 99.4 Å². The van der Waals surface area contributed by atoms with E-state index in [1.807, 2.05) is 41.5 Å². The van der Waals surface area contributed by atoms with E-state index in [0.29, 0.717) is 19.3 Å². The second-order valence-corrected chi connectivity index (χ2v) is 16.9. The number of phosphoric acid groups is 3. The molecule has 0 aliphatic rings. The van der Waals surface area contributed by atoms with Crippen LogP contribution in [-0.2, 0) is 27.3 Å². The van der Waals surface area contributed by atoms with Crippen LogP contribution in [0.5, 0.6) is 0 Å². The van der Waals surface area contributed by atoms with Gasteiger partial charge in [0.25, 0.3) is 0 Å². The van der Waals surface area contributed by atoms with E-state index in [2.05, 4.69) is 20.8 Å². The van der Waals surface area contributed by atoms with Gasteiger partial charge >= 0.3 is 81.7 Å². The Hall–Kier alpha value is 3.03. The van der Waals surface area contributed by atoms with E-state index < -0.39 is 41.8 Å². The molecule has 0 fully saturated rings. The average Bonchev–Trinajstić information content (AvgIpc) is 3.04. The van der Waals surface area contributed by atoms with Crippen molar-refractivity contribution < 1.29 is 138 Å². The fourth-order valence-electron chi connectivity index (χ4n) is 6.19. The minimum atomic E-state index is -4.86. The molecular formula is C36H75Nd2O12P3. The summed E-state index contributed by atoms with van der Waals surface area (Å²) in [5.74, 6) is 0.535. The van der Waals surface area contributed by atoms with E-state index in [0.717, 1.165) is 116 Å². The predicted molar refractivity (Wildman–Crippen MR) is 196 cm³/mol.